The van der Waals surface area contributed by atoms with Gasteiger partial charge in [0.25, 0.3) is 0 Å². The number of anilines is 1. The van der Waals surface area contributed by atoms with Crippen LogP contribution in [0.15, 0.2) is 47.5 Å². The maximum Gasteiger partial charge on any atom is 0.204 e. The van der Waals surface area contributed by atoms with Crippen LogP contribution in [0.4, 0.5) is 15.8 Å². The van der Waals surface area contributed by atoms with Crippen LogP contribution in [0.1, 0.15) is 20.8 Å². The topological polar surface area (TPSA) is 62.7 Å². The van der Waals surface area contributed by atoms with Gasteiger partial charge in [0, 0.05) is 16.5 Å². The third kappa shape index (κ3) is 5.20. The van der Waals surface area contributed by atoms with E-state index < -0.39 is 11.2 Å². The van der Waals surface area contributed by atoms with Crippen molar-refractivity contribution in [2.24, 2.45) is 10.4 Å². The SMILES string of the molecule is COc1cccc(NNC(=Nc2ccc(Cl)cc2F)C(=O)C(C)(C)C)c1. The number of ketones is 1. The molecule has 0 unspecified atom stereocenters. The molecule has 0 spiro atoms. The van der Waals surface area contributed by atoms with Gasteiger partial charge in [-0.15, -0.1) is 0 Å². The molecule has 2 aromatic rings. The van der Waals surface area contributed by atoms with Crippen LogP contribution >= 0.6 is 11.6 Å². The maximum absolute atomic E-state index is 14.1. The summed E-state index contributed by atoms with van der Waals surface area (Å²) in [5.74, 6) is -0.245. The molecule has 0 fully saturated rings. The van der Waals surface area contributed by atoms with Gasteiger partial charge in [-0.2, -0.15) is 0 Å². The number of carbonyl (C=O) groups excluding carboxylic acids is 1. The molecule has 2 aromatic carbocycles. The summed E-state index contributed by atoms with van der Waals surface area (Å²) in [7, 11) is 1.56. The molecular formula is C19H21ClFN3O2. The lowest BCUT2D eigenvalue weighted by Gasteiger charge is -2.20. The molecule has 0 bridgehead atoms. The third-order valence-electron chi connectivity index (χ3n) is 3.43. The van der Waals surface area contributed by atoms with Crippen molar-refractivity contribution in [2.45, 2.75) is 20.8 Å². The quantitative estimate of drug-likeness (QED) is 0.448. The molecule has 138 valence electrons. The summed E-state index contributed by atoms with van der Waals surface area (Å²) in [5.41, 5.74) is 5.65. The highest BCUT2D eigenvalue weighted by Crippen LogP contribution is 2.23. The highest BCUT2D eigenvalue weighted by Gasteiger charge is 2.27. The Morgan fingerprint density at radius 2 is 1.92 bits per heavy atom. The minimum absolute atomic E-state index is 0.0125. The Morgan fingerprint density at radius 3 is 2.54 bits per heavy atom. The van der Waals surface area contributed by atoms with E-state index in [2.05, 4.69) is 15.8 Å². The number of benzene rings is 2. The molecule has 0 aromatic heterocycles. The van der Waals surface area contributed by atoms with Crippen LogP contribution in [0.25, 0.3) is 0 Å². The predicted octanol–water partition coefficient (Wildman–Crippen LogP) is 4.75. The number of halogens is 2. The number of aliphatic imine (C=N–C) groups is 1. The molecule has 5 nitrogen and oxygen atoms in total. The number of hydrogen-bond donors (Lipinski definition) is 2. The van der Waals surface area contributed by atoms with Gasteiger partial charge < -0.3 is 4.74 Å². The molecule has 0 amide bonds. The van der Waals surface area contributed by atoms with E-state index >= 15 is 0 Å². The minimum atomic E-state index is -0.704. The number of Topliss-reactive ketones (excluding diaryl/α,β-unsaturated/α-hetero) is 1. The minimum Gasteiger partial charge on any atom is -0.497 e. The molecule has 0 aliphatic carbocycles. The first-order chi connectivity index (χ1) is 12.2. The van der Waals surface area contributed by atoms with E-state index in [0.29, 0.717) is 11.4 Å². The number of nitrogens with one attached hydrogen (secondary N) is 2. The number of hydrogen-bond acceptors (Lipinski definition) is 4. The second-order valence-corrected chi connectivity index (χ2v) is 7.05. The summed E-state index contributed by atoms with van der Waals surface area (Å²) in [5, 5.41) is 0.257. The molecule has 0 aliphatic heterocycles. The van der Waals surface area contributed by atoms with Crippen molar-refractivity contribution < 1.29 is 13.9 Å². The smallest absolute Gasteiger partial charge is 0.204 e. The molecule has 2 rings (SSSR count). The van der Waals surface area contributed by atoms with Crippen molar-refractivity contribution in [1.82, 2.24) is 5.43 Å². The first kappa shape index (κ1) is 19.7. The normalized spacial score (nSPS) is 11.8. The molecule has 7 heteroatoms. The van der Waals surface area contributed by atoms with E-state index in [1.165, 1.54) is 12.1 Å². The lowest BCUT2D eigenvalue weighted by Crippen LogP contribution is -2.41. The van der Waals surface area contributed by atoms with E-state index in [0.717, 1.165) is 6.07 Å². The summed E-state index contributed by atoms with van der Waals surface area (Å²) in [4.78, 5) is 16.8. The lowest BCUT2D eigenvalue weighted by molar-refractivity contribution is -0.119. The third-order valence-corrected chi connectivity index (χ3v) is 3.67. The fourth-order valence-electron chi connectivity index (χ4n) is 2.02. The Bertz CT molecular complexity index is 832. The first-order valence-corrected chi connectivity index (χ1v) is 8.33. The largest absolute Gasteiger partial charge is 0.497 e. The molecule has 0 saturated heterocycles. The van der Waals surface area contributed by atoms with Crippen molar-refractivity contribution in [3.8, 4) is 5.75 Å². The summed E-state index contributed by atoms with van der Waals surface area (Å²) in [6.45, 7) is 5.28. The zero-order valence-corrected chi connectivity index (χ0v) is 15.8. The molecule has 0 aliphatic rings. The van der Waals surface area contributed by atoms with Gasteiger partial charge in [0.1, 0.15) is 17.3 Å². The van der Waals surface area contributed by atoms with Crippen molar-refractivity contribution in [3.63, 3.8) is 0 Å². The van der Waals surface area contributed by atoms with Gasteiger partial charge >= 0.3 is 0 Å². The van der Waals surface area contributed by atoms with Crippen molar-refractivity contribution in [1.29, 1.82) is 0 Å². The zero-order valence-electron chi connectivity index (χ0n) is 15.1. The van der Waals surface area contributed by atoms with E-state index in [1.807, 2.05) is 0 Å². The Kier molecular flexibility index (Phi) is 6.21. The molecular weight excluding hydrogens is 357 g/mol. The number of ether oxygens (including phenoxy) is 1. The lowest BCUT2D eigenvalue weighted by atomic mass is 9.90. The Labute approximate surface area is 157 Å². The Morgan fingerprint density at radius 1 is 1.19 bits per heavy atom. The molecule has 26 heavy (non-hydrogen) atoms. The Balaban J connectivity index is 2.31. The van der Waals surface area contributed by atoms with Crippen molar-refractivity contribution in [3.05, 3.63) is 53.3 Å². The second-order valence-electron chi connectivity index (χ2n) is 6.62. The predicted molar refractivity (Wildman–Crippen MR) is 103 cm³/mol. The van der Waals surface area contributed by atoms with Gasteiger partial charge in [-0.25, -0.2) is 9.38 Å². The highest BCUT2D eigenvalue weighted by molar-refractivity contribution is 6.41. The molecule has 0 atom stereocenters. The summed E-state index contributed by atoms with van der Waals surface area (Å²) in [6, 6.07) is 11.2. The van der Waals surface area contributed by atoms with Crippen LogP contribution in [0.3, 0.4) is 0 Å². The van der Waals surface area contributed by atoms with Crippen LogP contribution in [-0.4, -0.2) is 18.7 Å². The number of amidine groups is 1. The average molecular weight is 378 g/mol. The zero-order chi connectivity index (χ0) is 19.3. The van der Waals surface area contributed by atoms with E-state index in [1.54, 1.807) is 52.1 Å². The standard InChI is InChI=1S/C19H21ClFN3O2/c1-19(2,3)17(25)18(22-16-9-8-12(20)10-15(16)21)24-23-13-6-5-7-14(11-13)26-4/h5-11,23H,1-4H3,(H,22,24). The molecule has 0 heterocycles. The van der Waals surface area contributed by atoms with Crippen LogP contribution in [0, 0.1) is 11.2 Å². The van der Waals surface area contributed by atoms with Gasteiger partial charge in [-0.1, -0.05) is 38.4 Å². The number of methoxy groups -OCH3 is 1. The van der Waals surface area contributed by atoms with Crippen LogP contribution in [0.2, 0.25) is 5.02 Å². The number of rotatable bonds is 5. The number of nitrogens with zero attached hydrogens (tertiary/aromatic N) is 1. The molecule has 0 radical (unpaired) electrons. The van der Waals surface area contributed by atoms with Gasteiger partial charge in [-0.3, -0.25) is 15.6 Å². The van der Waals surface area contributed by atoms with Gasteiger partial charge in [0.05, 0.1) is 12.8 Å². The van der Waals surface area contributed by atoms with Crippen molar-refractivity contribution >= 4 is 34.6 Å². The average Bonchev–Trinajstić information content (AvgIpc) is 2.59. The van der Waals surface area contributed by atoms with Crippen LogP contribution in [0.5, 0.6) is 5.75 Å². The maximum atomic E-state index is 14.1. The summed E-state index contributed by atoms with van der Waals surface area (Å²) in [6.07, 6.45) is 0. The first-order valence-electron chi connectivity index (χ1n) is 7.95. The van der Waals surface area contributed by atoms with Crippen LogP contribution < -0.4 is 15.6 Å². The number of hydrazine groups is 1. The molecule has 0 saturated carbocycles. The fraction of sp³-hybridized carbons (Fsp3) is 0.263. The van der Waals surface area contributed by atoms with Gasteiger partial charge in [0.15, 0.2) is 5.84 Å². The van der Waals surface area contributed by atoms with E-state index in [9.17, 15) is 9.18 Å². The Hall–Kier alpha value is -2.60. The van der Waals surface area contributed by atoms with E-state index in [-0.39, 0.29) is 22.3 Å². The summed E-state index contributed by atoms with van der Waals surface area (Å²) >= 11 is 5.76. The molecule has 2 N–H and O–H groups in total. The summed E-state index contributed by atoms with van der Waals surface area (Å²) < 4.78 is 19.2. The van der Waals surface area contributed by atoms with Crippen molar-refractivity contribution in [2.75, 3.05) is 12.5 Å². The van der Waals surface area contributed by atoms with Gasteiger partial charge in [0.2, 0.25) is 5.78 Å². The second kappa shape index (κ2) is 8.19. The monoisotopic (exact) mass is 377 g/mol. The van der Waals surface area contributed by atoms with E-state index in [4.69, 9.17) is 16.3 Å². The fourth-order valence-corrected chi connectivity index (χ4v) is 2.17. The highest BCUT2D eigenvalue weighted by atomic mass is 35.5. The van der Waals surface area contributed by atoms with Crippen LogP contribution in [-0.2, 0) is 4.79 Å². The van der Waals surface area contributed by atoms with Gasteiger partial charge in [-0.05, 0) is 30.3 Å². The number of carbonyl (C=O) groups is 1.